The standard InChI is InChI=1S/C43H50N6O2/c1-42(2,3)38(48-36-28-18-8-12-22-32(28)46-33-23-13-9-19-29(33)36)40(50)44-26-16-7-17-27-45-41(51)39(43(4,5)6)49-37-30-20-10-14-24-34(30)47-35-25-15-11-21-31(35)37/h8-15,18-25,38-39H,7,16-17,26-27H2,1-6H3,(H,44,50)(H,45,51)(H,46,48)(H,47,49). The number of benzene rings is 4. The fraction of sp³-hybridized carbons (Fsp3) is 0.349. The van der Waals surface area contributed by atoms with Gasteiger partial charge in [-0.15, -0.1) is 0 Å². The first-order valence-corrected chi connectivity index (χ1v) is 18.1. The summed E-state index contributed by atoms with van der Waals surface area (Å²) in [7, 11) is 0. The molecule has 0 saturated heterocycles. The number of hydrogen-bond donors (Lipinski definition) is 4. The summed E-state index contributed by atoms with van der Waals surface area (Å²) in [5.41, 5.74) is 4.74. The Morgan fingerprint density at radius 2 is 0.784 bits per heavy atom. The van der Waals surface area contributed by atoms with E-state index in [4.69, 9.17) is 9.97 Å². The third kappa shape index (κ3) is 8.06. The minimum absolute atomic E-state index is 0.0315. The molecule has 8 heteroatoms. The summed E-state index contributed by atoms with van der Waals surface area (Å²) in [4.78, 5) is 37.0. The van der Waals surface area contributed by atoms with Gasteiger partial charge in [-0.3, -0.25) is 9.59 Å². The monoisotopic (exact) mass is 682 g/mol. The summed E-state index contributed by atoms with van der Waals surface area (Å²) in [6.07, 6.45) is 2.51. The van der Waals surface area contributed by atoms with Crippen LogP contribution in [-0.4, -0.2) is 47.0 Å². The maximum Gasteiger partial charge on any atom is 0.243 e. The van der Waals surface area contributed by atoms with Gasteiger partial charge >= 0.3 is 0 Å². The Morgan fingerprint density at radius 3 is 1.08 bits per heavy atom. The minimum atomic E-state index is -0.456. The molecule has 0 bridgehead atoms. The Labute approximate surface area is 300 Å². The first-order chi connectivity index (χ1) is 24.4. The van der Waals surface area contributed by atoms with Crippen molar-refractivity contribution >= 4 is 66.8 Å². The molecule has 0 aliphatic rings. The van der Waals surface area contributed by atoms with E-state index in [0.29, 0.717) is 13.1 Å². The molecule has 0 fully saturated rings. The number of pyridine rings is 2. The van der Waals surface area contributed by atoms with Crippen LogP contribution in [0.3, 0.4) is 0 Å². The second-order valence-corrected chi connectivity index (χ2v) is 15.6. The molecule has 6 aromatic rings. The maximum absolute atomic E-state index is 13.7. The first kappa shape index (κ1) is 35.6. The number of nitrogens with one attached hydrogen (secondary N) is 4. The zero-order valence-electron chi connectivity index (χ0n) is 30.6. The van der Waals surface area contributed by atoms with Crippen LogP contribution < -0.4 is 21.3 Å². The topological polar surface area (TPSA) is 108 Å². The lowest BCUT2D eigenvalue weighted by molar-refractivity contribution is -0.124. The van der Waals surface area contributed by atoms with E-state index in [-0.39, 0.29) is 22.6 Å². The molecule has 4 N–H and O–H groups in total. The Bertz CT molecular complexity index is 1920. The van der Waals surface area contributed by atoms with Crippen LogP contribution in [-0.2, 0) is 9.59 Å². The molecule has 2 aromatic heterocycles. The number of rotatable bonds is 12. The van der Waals surface area contributed by atoms with Crippen molar-refractivity contribution < 1.29 is 9.59 Å². The van der Waals surface area contributed by atoms with E-state index < -0.39 is 12.1 Å². The molecule has 2 heterocycles. The number of amides is 2. The second kappa shape index (κ2) is 14.9. The first-order valence-electron chi connectivity index (χ1n) is 18.1. The van der Waals surface area contributed by atoms with Gasteiger partial charge in [-0.05, 0) is 54.4 Å². The van der Waals surface area contributed by atoms with Crippen molar-refractivity contribution in [3.63, 3.8) is 0 Å². The summed E-state index contributed by atoms with van der Waals surface area (Å²) in [6.45, 7) is 13.6. The molecule has 0 aliphatic heterocycles. The van der Waals surface area contributed by atoms with Gasteiger partial charge in [-0.1, -0.05) is 114 Å². The fourth-order valence-electron chi connectivity index (χ4n) is 6.68. The quantitative estimate of drug-likeness (QED) is 0.0759. The lowest BCUT2D eigenvalue weighted by atomic mass is 9.85. The largest absolute Gasteiger partial charge is 0.372 e. The maximum atomic E-state index is 13.7. The summed E-state index contributed by atoms with van der Waals surface area (Å²) >= 11 is 0. The highest BCUT2D eigenvalue weighted by molar-refractivity contribution is 6.09. The van der Waals surface area contributed by atoms with Crippen LogP contribution in [0, 0.1) is 10.8 Å². The zero-order chi connectivity index (χ0) is 36.2. The molecule has 0 saturated carbocycles. The van der Waals surface area contributed by atoms with E-state index in [0.717, 1.165) is 74.2 Å². The highest BCUT2D eigenvalue weighted by Gasteiger charge is 2.33. The number of carbonyl (C=O) groups excluding carboxylic acids is 2. The van der Waals surface area contributed by atoms with Crippen LogP contribution in [0.4, 0.5) is 11.4 Å². The van der Waals surface area contributed by atoms with Gasteiger partial charge in [-0.2, -0.15) is 0 Å². The number of carbonyl (C=O) groups is 2. The normalized spacial score (nSPS) is 13.3. The number of anilines is 2. The molecule has 51 heavy (non-hydrogen) atoms. The molecule has 2 unspecified atom stereocenters. The van der Waals surface area contributed by atoms with Gasteiger partial charge < -0.3 is 21.3 Å². The highest BCUT2D eigenvalue weighted by atomic mass is 16.2. The predicted octanol–water partition coefficient (Wildman–Crippen LogP) is 8.85. The van der Waals surface area contributed by atoms with Gasteiger partial charge in [0.1, 0.15) is 12.1 Å². The third-order valence-electron chi connectivity index (χ3n) is 9.46. The van der Waals surface area contributed by atoms with Gasteiger partial charge in [-0.25, -0.2) is 9.97 Å². The molecule has 264 valence electrons. The molecule has 0 spiro atoms. The summed E-state index contributed by atoms with van der Waals surface area (Å²) < 4.78 is 0. The summed E-state index contributed by atoms with van der Waals surface area (Å²) in [5.74, 6) is -0.0629. The van der Waals surface area contributed by atoms with E-state index >= 15 is 0 Å². The van der Waals surface area contributed by atoms with Crippen molar-refractivity contribution in [2.75, 3.05) is 23.7 Å². The van der Waals surface area contributed by atoms with Crippen molar-refractivity contribution in [1.82, 2.24) is 20.6 Å². The van der Waals surface area contributed by atoms with Crippen LogP contribution in [0.1, 0.15) is 60.8 Å². The predicted molar refractivity (Wildman–Crippen MR) is 212 cm³/mol. The Hall–Kier alpha value is -5.24. The number of fused-ring (bicyclic) bond motifs is 4. The lowest BCUT2D eigenvalue weighted by Crippen LogP contribution is -2.48. The number of para-hydroxylation sites is 4. The van der Waals surface area contributed by atoms with E-state index in [9.17, 15) is 9.59 Å². The van der Waals surface area contributed by atoms with E-state index in [2.05, 4.69) is 87.1 Å². The molecule has 0 aliphatic carbocycles. The van der Waals surface area contributed by atoms with E-state index in [1.54, 1.807) is 0 Å². The van der Waals surface area contributed by atoms with Gasteiger partial charge in [0, 0.05) is 34.6 Å². The van der Waals surface area contributed by atoms with Crippen molar-refractivity contribution in [2.45, 2.75) is 72.9 Å². The van der Waals surface area contributed by atoms with Crippen LogP contribution in [0.5, 0.6) is 0 Å². The number of hydrogen-bond acceptors (Lipinski definition) is 6. The Balaban J connectivity index is 1.04. The number of aromatic nitrogens is 2. The molecular weight excluding hydrogens is 633 g/mol. The van der Waals surface area contributed by atoms with E-state index in [1.807, 2.05) is 72.8 Å². The minimum Gasteiger partial charge on any atom is -0.372 e. The average Bonchev–Trinajstić information content (AvgIpc) is 3.10. The molecular formula is C43H50N6O2. The third-order valence-corrected chi connectivity index (χ3v) is 9.46. The average molecular weight is 683 g/mol. The van der Waals surface area contributed by atoms with Gasteiger partial charge in [0.25, 0.3) is 0 Å². The van der Waals surface area contributed by atoms with Crippen molar-refractivity contribution in [3.05, 3.63) is 97.1 Å². The van der Waals surface area contributed by atoms with Crippen molar-refractivity contribution in [2.24, 2.45) is 10.8 Å². The zero-order valence-corrected chi connectivity index (χ0v) is 30.6. The molecule has 0 radical (unpaired) electrons. The van der Waals surface area contributed by atoms with Crippen LogP contribution in [0.25, 0.3) is 43.6 Å². The molecule has 2 atom stereocenters. The SMILES string of the molecule is CC(C)(C)C(Nc1c2ccccc2nc2ccccc12)C(=O)NCCCCCNC(=O)C(Nc1c2ccccc2nc2ccccc12)C(C)(C)C. The fourth-order valence-corrected chi connectivity index (χ4v) is 6.68. The molecule has 2 amide bonds. The number of nitrogens with zero attached hydrogens (tertiary/aromatic N) is 2. The smallest absolute Gasteiger partial charge is 0.243 e. The lowest BCUT2D eigenvalue weighted by Gasteiger charge is -2.32. The van der Waals surface area contributed by atoms with E-state index in [1.165, 1.54) is 0 Å². The van der Waals surface area contributed by atoms with Gasteiger partial charge in [0.15, 0.2) is 0 Å². The summed E-state index contributed by atoms with van der Waals surface area (Å²) in [6, 6.07) is 31.3. The van der Waals surface area contributed by atoms with Crippen molar-refractivity contribution in [3.8, 4) is 0 Å². The second-order valence-electron chi connectivity index (χ2n) is 15.6. The van der Waals surface area contributed by atoms with Crippen LogP contribution >= 0.6 is 0 Å². The van der Waals surface area contributed by atoms with Gasteiger partial charge in [0.05, 0.1) is 33.4 Å². The van der Waals surface area contributed by atoms with Crippen LogP contribution in [0.15, 0.2) is 97.1 Å². The Morgan fingerprint density at radius 1 is 0.490 bits per heavy atom. The summed E-state index contributed by atoms with van der Waals surface area (Å²) in [5, 5.41) is 17.6. The van der Waals surface area contributed by atoms with Gasteiger partial charge in [0.2, 0.25) is 11.8 Å². The molecule has 8 nitrogen and oxygen atoms in total. The number of unbranched alkanes of at least 4 members (excludes halogenated alkanes) is 2. The molecule has 4 aromatic carbocycles. The molecule has 6 rings (SSSR count). The Kier molecular flexibility index (Phi) is 10.4. The van der Waals surface area contributed by atoms with Crippen LogP contribution in [0.2, 0.25) is 0 Å². The highest BCUT2D eigenvalue weighted by Crippen LogP contribution is 2.35. The van der Waals surface area contributed by atoms with Crippen molar-refractivity contribution in [1.29, 1.82) is 0 Å².